The molecule has 4 nitrogen and oxygen atoms in total. The van der Waals surface area contributed by atoms with Crippen LogP contribution in [0.1, 0.15) is 26.2 Å². The first-order chi connectivity index (χ1) is 9.88. The number of piperazine rings is 1. The van der Waals surface area contributed by atoms with E-state index >= 15 is 0 Å². The molecular weight excluding hydrogens is 248 g/mol. The van der Waals surface area contributed by atoms with Crippen LogP contribution in [-0.4, -0.2) is 60.6 Å². The quantitative estimate of drug-likeness (QED) is 0.738. The number of anilines is 1. The summed E-state index contributed by atoms with van der Waals surface area (Å²) >= 11 is 0. The van der Waals surface area contributed by atoms with Gasteiger partial charge in [0.1, 0.15) is 5.82 Å². The molecule has 0 aromatic carbocycles. The average molecular weight is 276 g/mol. The van der Waals surface area contributed by atoms with Crippen molar-refractivity contribution in [2.45, 2.75) is 26.2 Å². The van der Waals surface area contributed by atoms with Gasteiger partial charge in [0, 0.05) is 45.5 Å². The van der Waals surface area contributed by atoms with Gasteiger partial charge in [0.2, 0.25) is 0 Å². The van der Waals surface area contributed by atoms with E-state index in [0.717, 1.165) is 18.9 Å². The van der Waals surface area contributed by atoms with Crippen LogP contribution in [0.25, 0.3) is 0 Å². The van der Waals surface area contributed by atoms with Gasteiger partial charge in [-0.05, 0) is 25.1 Å². The second-order valence-corrected chi connectivity index (χ2v) is 5.53. The Morgan fingerprint density at radius 3 is 2.45 bits per heavy atom. The monoisotopic (exact) mass is 276 g/mol. The highest BCUT2D eigenvalue weighted by molar-refractivity contribution is 5.32. The summed E-state index contributed by atoms with van der Waals surface area (Å²) in [6.45, 7) is 10.5. The van der Waals surface area contributed by atoms with Crippen molar-refractivity contribution in [3.8, 4) is 0 Å². The predicted molar refractivity (Wildman–Crippen MR) is 85.1 cm³/mol. The zero-order valence-electron chi connectivity index (χ0n) is 12.7. The Labute approximate surface area is 123 Å². The number of aromatic nitrogens is 1. The Morgan fingerprint density at radius 1 is 1.05 bits per heavy atom. The van der Waals surface area contributed by atoms with Crippen LogP contribution in [0.2, 0.25) is 0 Å². The molecule has 0 radical (unpaired) electrons. The van der Waals surface area contributed by atoms with Crippen LogP contribution < -0.4 is 5.32 Å². The summed E-state index contributed by atoms with van der Waals surface area (Å²) in [5, 5.41) is 3.38. The van der Waals surface area contributed by atoms with Crippen molar-refractivity contribution in [2.75, 3.05) is 51.1 Å². The highest BCUT2D eigenvalue weighted by atomic mass is 15.3. The van der Waals surface area contributed by atoms with E-state index in [4.69, 9.17) is 0 Å². The van der Waals surface area contributed by atoms with Crippen molar-refractivity contribution in [3.05, 3.63) is 24.4 Å². The van der Waals surface area contributed by atoms with Crippen LogP contribution in [0.3, 0.4) is 0 Å². The van der Waals surface area contributed by atoms with E-state index in [1.165, 1.54) is 52.0 Å². The molecule has 0 saturated carbocycles. The smallest absolute Gasteiger partial charge is 0.125 e. The molecular formula is C16H28N4. The Balaban J connectivity index is 1.55. The van der Waals surface area contributed by atoms with Gasteiger partial charge in [-0.2, -0.15) is 0 Å². The molecule has 1 fully saturated rings. The first kappa shape index (κ1) is 15.3. The number of hydrogen-bond acceptors (Lipinski definition) is 4. The molecule has 2 heterocycles. The summed E-state index contributed by atoms with van der Waals surface area (Å²) in [6.07, 6.45) is 5.88. The molecule has 4 heteroatoms. The van der Waals surface area contributed by atoms with Gasteiger partial charge in [0.15, 0.2) is 0 Å². The summed E-state index contributed by atoms with van der Waals surface area (Å²) in [7, 11) is 0. The fourth-order valence-electron chi connectivity index (χ4n) is 2.63. The minimum absolute atomic E-state index is 0.978. The number of nitrogens with one attached hydrogen (secondary N) is 1. The number of nitrogens with zero attached hydrogens (tertiary/aromatic N) is 3. The molecule has 0 aliphatic carbocycles. The van der Waals surface area contributed by atoms with Gasteiger partial charge in [-0.1, -0.05) is 25.8 Å². The molecule has 0 atom stereocenters. The van der Waals surface area contributed by atoms with Crippen molar-refractivity contribution in [1.82, 2.24) is 14.8 Å². The maximum atomic E-state index is 4.28. The molecule has 1 aliphatic rings. The third kappa shape index (κ3) is 5.47. The first-order valence-electron chi connectivity index (χ1n) is 7.98. The van der Waals surface area contributed by atoms with Crippen LogP contribution in [0.5, 0.6) is 0 Å². The summed E-state index contributed by atoms with van der Waals surface area (Å²) in [4.78, 5) is 9.43. The lowest BCUT2D eigenvalue weighted by Crippen LogP contribution is -2.47. The third-order valence-electron chi connectivity index (χ3n) is 3.94. The fourth-order valence-corrected chi connectivity index (χ4v) is 2.63. The molecule has 1 saturated heterocycles. The van der Waals surface area contributed by atoms with Crippen LogP contribution in [0.4, 0.5) is 5.82 Å². The molecule has 1 N–H and O–H groups in total. The van der Waals surface area contributed by atoms with Crippen LogP contribution >= 0.6 is 0 Å². The molecule has 0 spiro atoms. The Bertz CT molecular complexity index is 347. The molecule has 2 rings (SSSR count). The van der Waals surface area contributed by atoms with Crippen LogP contribution in [0, 0.1) is 0 Å². The van der Waals surface area contributed by atoms with Crippen LogP contribution in [-0.2, 0) is 0 Å². The SMILES string of the molecule is CCCCCN1CCN(CCNc2ccccn2)CC1. The first-order valence-corrected chi connectivity index (χ1v) is 7.98. The summed E-state index contributed by atoms with van der Waals surface area (Å²) < 4.78 is 0. The van der Waals surface area contributed by atoms with Gasteiger partial charge >= 0.3 is 0 Å². The van der Waals surface area contributed by atoms with Crippen molar-refractivity contribution in [3.63, 3.8) is 0 Å². The largest absolute Gasteiger partial charge is 0.369 e. The number of pyridine rings is 1. The maximum Gasteiger partial charge on any atom is 0.125 e. The van der Waals surface area contributed by atoms with E-state index < -0.39 is 0 Å². The van der Waals surface area contributed by atoms with E-state index in [1.807, 2.05) is 24.4 Å². The summed E-state index contributed by atoms with van der Waals surface area (Å²) in [5.74, 6) is 0.978. The summed E-state index contributed by atoms with van der Waals surface area (Å²) in [5.41, 5.74) is 0. The minimum atomic E-state index is 0.978. The van der Waals surface area contributed by atoms with Crippen LogP contribution in [0.15, 0.2) is 24.4 Å². The van der Waals surface area contributed by atoms with Gasteiger partial charge < -0.3 is 10.2 Å². The topological polar surface area (TPSA) is 31.4 Å². The second-order valence-electron chi connectivity index (χ2n) is 5.53. The Morgan fingerprint density at radius 2 is 1.80 bits per heavy atom. The highest BCUT2D eigenvalue weighted by Crippen LogP contribution is 2.05. The van der Waals surface area contributed by atoms with Gasteiger partial charge in [0.05, 0.1) is 0 Å². The minimum Gasteiger partial charge on any atom is -0.369 e. The summed E-state index contributed by atoms with van der Waals surface area (Å²) in [6, 6.07) is 5.99. The lowest BCUT2D eigenvalue weighted by Gasteiger charge is -2.34. The zero-order valence-corrected chi connectivity index (χ0v) is 12.7. The predicted octanol–water partition coefficient (Wildman–Crippen LogP) is 2.30. The lowest BCUT2D eigenvalue weighted by molar-refractivity contribution is 0.134. The molecule has 112 valence electrons. The molecule has 1 aliphatic heterocycles. The average Bonchev–Trinajstić information content (AvgIpc) is 2.50. The number of unbranched alkanes of at least 4 members (excludes halogenated alkanes) is 2. The van der Waals surface area contributed by atoms with Gasteiger partial charge in [0.25, 0.3) is 0 Å². The standard InChI is InChI=1S/C16H28N4/c1-2-3-6-10-19-12-14-20(15-13-19)11-9-18-16-7-4-5-8-17-16/h4-5,7-8H,2-3,6,9-15H2,1H3,(H,17,18). The number of rotatable bonds is 8. The maximum absolute atomic E-state index is 4.28. The van der Waals surface area contributed by atoms with E-state index in [9.17, 15) is 0 Å². The van der Waals surface area contributed by atoms with E-state index in [-0.39, 0.29) is 0 Å². The molecule has 0 unspecified atom stereocenters. The fraction of sp³-hybridized carbons (Fsp3) is 0.688. The van der Waals surface area contributed by atoms with Gasteiger partial charge in [-0.25, -0.2) is 4.98 Å². The van der Waals surface area contributed by atoms with Gasteiger partial charge in [-0.15, -0.1) is 0 Å². The lowest BCUT2D eigenvalue weighted by atomic mass is 10.2. The molecule has 20 heavy (non-hydrogen) atoms. The van der Waals surface area contributed by atoms with Crippen molar-refractivity contribution in [1.29, 1.82) is 0 Å². The van der Waals surface area contributed by atoms with Crippen molar-refractivity contribution in [2.24, 2.45) is 0 Å². The zero-order chi connectivity index (χ0) is 14.0. The Kier molecular flexibility index (Phi) is 6.81. The number of hydrogen-bond donors (Lipinski definition) is 1. The second kappa shape index (κ2) is 8.93. The van der Waals surface area contributed by atoms with Gasteiger partial charge in [-0.3, -0.25) is 4.90 Å². The van der Waals surface area contributed by atoms with E-state index in [2.05, 4.69) is 27.0 Å². The molecule has 1 aromatic heterocycles. The van der Waals surface area contributed by atoms with E-state index in [0.29, 0.717) is 0 Å². The van der Waals surface area contributed by atoms with Crippen molar-refractivity contribution < 1.29 is 0 Å². The molecule has 1 aromatic rings. The highest BCUT2D eigenvalue weighted by Gasteiger charge is 2.15. The third-order valence-corrected chi connectivity index (χ3v) is 3.94. The van der Waals surface area contributed by atoms with E-state index in [1.54, 1.807) is 0 Å². The Hall–Kier alpha value is -1.13. The molecule has 0 amide bonds. The van der Waals surface area contributed by atoms with Crippen molar-refractivity contribution >= 4 is 5.82 Å². The normalized spacial score (nSPS) is 17.2. The molecule has 0 bridgehead atoms.